The van der Waals surface area contributed by atoms with Gasteiger partial charge in [-0.15, -0.1) is 0 Å². The fourth-order valence-electron chi connectivity index (χ4n) is 4.46. The molecule has 0 bridgehead atoms. The van der Waals surface area contributed by atoms with E-state index < -0.39 is 12.0 Å². The van der Waals surface area contributed by atoms with Gasteiger partial charge in [0.2, 0.25) is 5.91 Å². The molecule has 2 heterocycles. The number of hydrogen-bond acceptors (Lipinski definition) is 5. The molecule has 2 N–H and O–H groups in total. The summed E-state index contributed by atoms with van der Waals surface area (Å²) < 4.78 is 1.92. The number of benzene rings is 2. The number of carboxylic acid groups (broad SMARTS) is 1. The van der Waals surface area contributed by atoms with Crippen molar-refractivity contribution in [3.63, 3.8) is 0 Å². The van der Waals surface area contributed by atoms with Crippen LogP contribution in [0.3, 0.4) is 0 Å². The van der Waals surface area contributed by atoms with Crippen LogP contribution in [-0.4, -0.2) is 59.8 Å². The molecule has 8 heteroatoms. The average molecular weight is 476 g/mol. The Kier molecular flexibility index (Phi) is 7.70. The number of aliphatic carboxylic acids is 1. The number of imidazole rings is 1. The molecule has 8 nitrogen and oxygen atoms in total. The summed E-state index contributed by atoms with van der Waals surface area (Å²) in [5.74, 6) is -1.43. The first-order valence-corrected chi connectivity index (χ1v) is 12.0. The Morgan fingerprint density at radius 1 is 1.11 bits per heavy atom. The summed E-state index contributed by atoms with van der Waals surface area (Å²) >= 11 is 0. The number of hydrogen-bond donors (Lipinski definition) is 2. The van der Waals surface area contributed by atoms with Crippen molar-refractivity contribution >= 4 is 23.3 Å². The molecule has 0 saturated carbocycles. The highest BCUT2D eigenvalue weighted by Crippen LogP contribution is 2.26. The number of amides is 1. The van der Waals surface area contributed by atoms with Crippen LogP contribution in [0.15, 0.2) is 67.1 Å². The molecule has 0 spiro atoms. The van der Waals surface area contributed by atoms with E-state index in [0.717, 1.165) is 30.0 Å². The summed E-state index contributed by atoms with van der Waals surface area (Å²) in [6, 6.07) is 17.3. The van der Waals surface area contributed by atoms with E-state index in [2.05, 4.69) is 38.3 Å². The van der Waals surface area contributed by atoms with E-state index in [-0.39, 0.29) is 18.2 Å². The molecular formula is C27H33N5O3. The molecule has 3 aromatic rings. The summed E-state index contributed by atoms with van der Waals surface area (Å²) in [5, 5.41) is 12.5. The first-order valence-electron chi connectivity index (χ1n) is 12.0. The zero-order valence-electron chi connectivity index (χ0n) is 20.3. The fourth-order valence-corrected chi connectivity index (χ4v) is 4.46. The number of nitrogens with one attached hydrogen (secondary N) is 1. The molecule has 184 valence electrons. The van der Waals surface area contributed by atoms with Crippen molar-refractivity contribution < 1.29 is 14.7 Å². The molecule has 0 unspecified atom stereocenters. The Morgan fingerprint density at radius 3 is 2.54 bits per heavy atom. The van der Waals surface area contributed by atoms with Crippen LogP contribution in [0, 0.1) is 5.92 Å². The molecule has 0 aliphatic carbocycles. The number of piperidine rings is 1. The van der Waals surface area contributed by atoms with Crippen LogP contribution in [0.2, 0.25) is 0 Å². The Morgan fingerprint density at radius 2 is 1.86 bits per heavy atom. The van der Waals surface area contributed by atoms with Crippen molar-refractivity contribution in [1.82, 2.24) is 14.9 Å². The van der Waals surface area contributed by atoms with E-state index in [4.69, 9.17) is 0 Å². The predicted molar refractivity (Wildman–Crippen MR) is 137 cm³/mol. The topological polar surface area (TPSA) is 90.7 Å². The second-order valence-electron chi connectivity index (χ2n) is 9.30. The number of aromatic nitrogens is 2. The minimum Gasteiger partial charge on any atom is -0.480 e. The van der Waals surface area contributed by atoms with Gasteiger partial charge >= 0.3 is 5.97 Å². The molecule has 1 fully saturated rings. The number of nitrogens with zero attached hydrogens (tertiary/aromatic N) is 4. The lowest BCUT2D eigenvalue weighted by atomic mass is 9.95. The Hall–Kier alpha value is -3.81. The zero-order valence-corrected chi connectivity index (χ0v) is 20.3. The van der Waals surface area contributed by atoms with Crippen molar-refractivity contribution in [2.24, 2.45) is 5.92 Å². The van der Waals surface area contributed by atoms with Gasteiger partial charge in [0.25, 0.3) is 0 Å². The van der Waals surface area contributed by atoms with E-state index in [1.807, 2.05) is 61.3 Å². The number of carbonyl (C=O) groups is 2. The summed E-state index contributed by atoms with van der Waals surface area (Å²) in [4.78, 5) is 33.5. The highest BCUT2D eigenvalue weighted by Gasteiger charge is 2.29. The third kappa shape index (κ3) is 6.41. The van der Waals surface area contributed by atoms with Crippen LogP contribution < -0.4 is 15.1 Å². The maximum atomic E-state index is 12.9. The van der Waals surface area contributed by atoms with Gasteiger partial charge in [0.05, 0.1) is 12.0 Å². The fraction of sp³-hybridized carbons (Fsp3) is 0.370. The van der Waals surface area contributed by atoms with Crippen molar-refractivity contribution in [2.45, 2.75) is 31.8 Å². The average Bonchev–Trinajstić information content (AvgIpc) is 3.31. The van der Waals surface area contributed by atoms with Crippen molar-refractivity contribution in [3.8, 4) is 0 Å². The van der Waals surface area contributed by atoms with Crippen LogP contribution in [0.5, 0.6) is 0 Å². The normalized spacial score (nSPS) is 15.0. The lowest BCUT2D eigenvalue weighted by molar-refractivity contribution is -0.142. The Balaban J connectivity index is 1.31. The third-order valence-electron chi connectivity index (χ3n) is 6.50. The molecule has 1 atom stereocenters. The lowest BCUT2D eigenvalue weighted by Gasteiger charge is -2.34. The summed E-state index contributed by atoms with van der Waals surface area (Å²) in [5.41, 5.74) is 4.06. The van der Waals surface area contributed by atoms with Crippen molar-refractivity contribution in [3.05, 3.63) is 78.4 Å². The van der Waals surface area contributed by atoms with Gasteiger partial charge in [-0.25, -0.2) is 9.78 Å². The maximum Gasteiger partial charge on any atom is 0.326 e. The van der Waals surface area contributed by atoms with Crippen LogP contribution in [0.4, 0.5) is 11.4 Å². The van der Waals surface area contributed by atoms with E-state index in [0.29, 0.717) is 25.1 Å². The molecule has 1 aliphatic heterocycles. The summed E-state index contributed by atoms with van der Waals surface area (Å²) in [6.45, 7) is 2.18. The lowest BCUT2D eigenvalue weighted by Crippen LogP contribution is -2.47. The molecule has 1 aliphatic rings. The van der Waals surface area contributed by atoms with Gasteiger partial charge in [0.1, 0.15) is 6.04 Å². The number of carbonyl (C=O) groups excluding carboxylic acids is 1. The van der Waals surface area contributed by atoms with Gasteiger partial charge in [0, 0.05) is 63.6 Å². The first kappa shape index (κ1) is 24.3. The van der Waals surface area contributed by atoms with E-state index in [9.17, 15) is 14.7 Å². The third-order valence-corrected chi connectivity index (χ3v) is 6.50. The van der Waals surface area contributed by atoms with Gasteiger partial charge in [-0.2, -0.15) is 0 Å². The quantitative estimate of drug-likeness (QED) is 0.495. The van der Waals surface area contributed by atoms with Gasteiger partial charge in [-0.3, -0.25) is 4.79 Å². The van der Waals surface area contributed by atoms with Gasteiger partial charge in [-0.05, 0) is 36.6 Å². The maximum absolute atomic E-state index is 12.9. The Bertz CT molecular complexity index is 1140. The van der Waals surface area contributed by atoms with Crippen LogP contribution in [0.25, 0.3) is 0 Å². The molecular weight excluding hydrogens is 442 g/mol. The van der Waals surface area contributed by atoms with Crippen LogP contribution in [-0.2, 0) is 22.6 Å². The molecule has 4 rings (SSSR count). The molecule has 1 amide bonds. The minimum atomic E-state index is -1.05. The van der Waals surface area contributed by atoms with Crippen LogP contribution >= 0.6 is 0 Å². The van der Waals surface area contributed by atoms with Crippen LogP contribution in [0.1, 0.15) is 24.1 Å². The van der Waals surface area contributed by atoms with Gasteiger partial charge in [0.15, 0.2) is 0 Å². The van der Waals surface area contributed by atoms with E-state index in [1.54, 1.807) is 6.33 Å². The molecule has 2 aromatic carbocycles. The predicted octanol–water partition coefficient (Wildman–Crippen LogP) is 3.03. The first-order chi connectivity index (χ1) is 16.9. The van der Waals surface area contributed by atoms with Gasteiger partial charge < -0.3 is 24.8 Å². The molecule has 0 radical (unpaired) electrons. The summed E-state index contributed by atoms with van der Waals surface area (Å²) in [6.07, 6.45) is 5.07. The SMILES string of the molecule is CN(C)c1cccc(N2CCC(C(=O)N[C@@H](Cc3cn(Cc4ccccc4)cn3)C(=O)O)CC2)c1. The monoisotopic (exact) mass is 475 g/mol. The van der Waals surface area contributed by atoms with Crippen molar-refractivity contribution in [2.75, 3.05) is 37.0 Å². The standard InChI is InChI=1S/C27H33N5O3/c1-30(2)23-9-6-10-24(16-23)32-13-11-21(12-14-32)26(33)29-25(27(34)35)15-22-18-31(19-28-22)17-20-7-4-3-5-8-20/h3-10,16,18-19,21,25H,11-15,17H2,1-2H3,(H,29,33)(H,34,35)/t25-/m0/s1. The van der Waals surface area contributed by atoms with E-state index >= 15 is 0 Å². The number of anilines is 2. The zero-order chi connectivity index (χ0) is 24.8. The highest BCUT2D eigenvalue weighted by atomic mass is 16.4. The second kappa shape index (κ2) is 11.1. The molecule has 1 saturated heterocycles. The summed E-state index contributed by atoms with van der Waals surface area (Å²) in [7, 11) is 4.03. The van der Waals surface area contributed by atoms with Gasteiger partial charge in [-0.1, -0.05) is 36.4 Å². The Labute approximate surface area is 206 Å². The van der Waals surface area contributed by atoms with E-state index in [1.165, 1.54) is 0 Å². The number of rotatable bonds is 9. The molecule has 35 heavy (non-hydrogen) atoms. The minimum absolute atomic E-state index is 0.152. The highest BCUT2D eigenvalue weighted by molar-refractivity contribution is 5.85. The van der Waals surface area contributed by atoms with Crippen molar-refractivity contribution in [1.29, 1.82) is 0 Å². The second-order valence-corrected chi connectivity index (χ2v) is 9.30. The molecule has 1 aromatic heterocycles. The number of carboxylic acids is 1. The smallest absolute Gasteiger partial charge is 0.326 e. The largest absolute Gasteiger partial charge is 0.480 e.